The highest BCUT2D eigenvalue weighted by Crippen LogP contribution is 2.20. The minimum Gasteiger partial charge on any atom is -0.455 e. The molecule has 12 heteroatoms. The standard InChI is InChI=1S/C27H28N6O6/c1-16(2)13-32(23-24(28)33(27(38)29-26(23)37)14-17-8-4-3-5-9-17)21(34)15-39-22(35)12-20-18-10-6-7-11-19(18)25(36)31-30-20/h3-11,16H,12-15,28H2,1-2H3,(H,31,36)(H,29,37,38). The Kier molecular flexibility index (Phi) is 8.04. The quantitative estimate of drug-likeness (QED) is 0.269. The second-order valence-electron chi connectivity index (χ2n) is 9.35. The van der Waals surface area contributed by atoms with Crippen molar-refractivity contribution in [1.29, 1.82) is 0 Å². The first-order valence-corrected chi connectivity index (χ1v) is 12.2. The van der Waals surface area contributed by atoms with E-state index in [0.717, 1.165) is 10.5 Å². The first kappa shape index (κ1) is 27.0. The zero-order valence-corrected chi connectivity index (χ0v) is 21.5. The number of aromatic amines is 2. The number of nitrogen functional groups attached to an aromatic ring is 1. The second kappa shape index (κ2) is 11.6. The van der Waals surface area contributed by atoms with E-state index in [1.165, 1.54) is 4.57 Å². The van der Waals surface area contributed by atoms with Crippen LogP contribution in [0.1, 0.15) is 25.1 Å². The molecule has 0 saturated carbocycles. The van der Waals surface area contributed by atoms with Crippen LogP contribution < -0.4 is 27.4 Å². The van der Waals surface area contributed by atoms with Crippen molar-refractivity contribution < 1.29 is 14.3 Å². The molecule has 0 aliphatic carbocycles. The van der Waals surface area contributed by atoms with E-state index in [9.17, 15) is 24.0 Å². The molecule has 2 heterocycles. The normalized spacial score (nSPS) is 11.1. The number of amides is 1. The molecular weight excluding hydrogens is 504 g/mol. The van der Waals surface area contributed by atoms with Crippen LogP contribution in [0.15, 0.2) is 69.0 Å². The van der Waals surface area contributed by atoms with Gasteiger partial charge < -0.3 is 15.4 Å². The fourth-order valence-corrected chi connectivity index (χ4v) is 4.16. The van der Waals surface area contributed by atoms with Gasteiger partial charge in [-0.1, -0.05) is 62.4 Å². The van der Waals surface area contributed by atoms with Crippen LogP contribution in [-0.2, 0) is 27.3 Å². The van der Waals surface area contributed by atoms with Crippen LogP contribution in [-0.4, -0.2) is 44.8 Å². The number of fused-ring (bicyclic) bond motifs is 1. The minimum absolute atomic E-state index is 0.0775. The monoisotopic (exact) mass is 532 g/mol. The number of carbonyl (C=O) groups is 2. The van der Waals surface area contributed by atoms with Crippen LogP contribution in [0.3, 0.4) is 0 Å². The average molecular weight is 533 g/mol. The molecule has 0 spiro atoms. The van der Waals surface area contributed by atoms with Crippen molar-refractivity contribution in [2.75, 3.05) is 23.8 Å². The summed E-state index contributed by atoms with van der Waals surface area (Å²) in [7, 11) is 0. The summed E-state index contributed by atoms with van der Waals surface area (Å²) in [6.07, 6.45) is -0.292. The van der Waals surface area contributed by atoms with E-state index in [0.29, 0.717) is 10.8 Å². The van der Waals surface area contributed by atoms with Crippen LogP contribution in [0, 0.1) is 5.92 Å². The number of aromatic nitrogens is 4. The van der Waals surface area contributed by atoms with Gasteiger partial charge in [-0.3, -0.25) is 28.7 Å². The number of carbonyl (C=O) groups excluding carboxylic acids is 2. The number of nitrogens with one attached hydrogen (secondary N) is 2. The number of rotatable bonds is 9. The number of hydrogen-bond acceptors (Lipinski definition) is 8. The molecule has 1 amide bonds. The molecule has 2 aromatic carbocycles. The summed E-state index contributed by atoms with van der Waals surface area (Å²) in [5.74, 6) is -1.72. The zero-order valence-electron chi connectivity index (χ0n) is 21.5. The Labute approximate surface area is 222 Å². The molecule has 0 saturated heterocycles. The van der Waals surface area contributed by atoms with Crippen molar-refractivity contribution in [3.8, 4) is 0 Å². The summed E-state index contributed by atoms with van der Waals surface area (Å²) in [6.45, 7) is 3.16. The van der Waals surface area contributed by atoms with Crippen molar-refractivity contribution in [3.63, 3.8) is 0 Å². The molecule has 0 radical (unpaired) electrons. The summed E-state index contributed by atoms with van der Waals surface area (Å²) >= 11 is 0. The molecule has 0 aliphatic rings. The fraction of sp³-hybridized carbons (Fsp3) is 0.259. The Morgan fingerprint density at radius 2 is 1.67 bits per heavy atom. The maximum atomic E-state index is 13.2. The van der Waals surface area contributed by atoms with Gasteiger partial charge in [-0.05, 0) is 17.5 Å². The molecule has 0 unspecified atom stereocenters. The summed E-state index contributed by atoms with van der Waals surface area (Å²) in [5, 5.41) is 7.15. The van der Waals surface area contributed by atoms with Crippen LogP contribution in [0.5, 0.6) is 0 Å². The van der Waals surface area contributed by atoms with Crippen molar-refractivity contribution in [2.24, 2.45) is 5.92 Å². The summed E-state index contributed by atoms with van der Waals surface area (Å²) in [4.78, 5) is 66.6. The van der Waals surface area contributed by atoms with Crippen molar-refractivity contribution >= 4 is 34.2 Å². The van der Waals surface area contributed by atoms with Crippen LogP contribution >= 0.6 is 0 Å². The minimum atomic E-state index is -0.828. The van der Waals surface area contributed by atoms with Gasteiger partial charge in [0, 0.05) is 11.9 Å². The van der Waals surface area contributed by atoms with Crippen LogP contribution in [0.4, 0.5) is 11.5 Å². The van der Waals surface area contributed by atoms with E-state index in [-0.39, 0.29) is 42.6 Å². The number of anilines is 2. The van der Waals surface area contributed by atoms with E-state index in [4.69, 9.17) is 10.5 Å². The van der Waals surface area contributed by atoms with Gasteiger partial charge in [0.1, 0.15) is 5.82 Å². The van der Waals surface area contributed by atoms with Gasteiger partial charge in [-0.2, -0.15) is 5.10 Å². The lowest BCUT2D eigenvalue weighted by Crippen LogP contribution is -2.44. The predicted octanol–water partition coefficient (Wildman–Crippen LogP) is 1.18. The molecule has 0 fully saturated rings. The van der Waals surface area contributed by atoms with Crippen molar-refractivity contribution in [1.82, 2.24) is 19.7 Å². The average Bonchev–Trinajstić information content (AvgIpc) is 2.91. The zero-order chi connectivity index (χ0) is 28.1. The number of ether oxygens (including phenoxy) is 1. The third-order valence-electron chi connectivity index (χ3n) is 5.96. The topological polar surface area (TPSA) is 173 Å². The highest BCUT2D eigenvalue weighted by molar-refractivity contribution is 5.97. The molecule has 202 valence electrons. The predicted molar refractivity (Wildman–Crippen MR) is 145 cm³/mol. The number of nitrogens with two attached hydrogens (primary N) is 1. The maximum absolute atomic E-state index is 13.2. The van der Waals surface area contributed by atoms with Gasteiger partial charge in [0.25, 0.3) is 17.0 Å². The van der Waals surface area contributed by atoms with Crippen LogP contribution in [0.2, 0.25) is 0 Å². The molecule has 2 aromatic heterocycles. The number of esters is 1. The molecule has 4 N–H and O–H groups in total. The lowest BCUT2D eigenvalue weighted by Gasteiger charge is -2.26. The smallest absolute Gasteiger partial charge is 0.330 e. The van der Waals surface area contributed by atoms with Crippen molar-refractivity contribution in [2.45, 2.75) is 26.8 Å². The van der Waals surface area contributed by atoms with Gasteiger partial charge in [0.05, 0.1) is 24.0 Å². The van der Waals surface area contributed by atoms with Gasteiger partial charge in [-0.15, -0.1) is 0 Å². The number of hydrogen-bond donors (Lipinski definition) is 3. The highest BCUT2D eigenvalue weighted by Gasteiger charge is 2.26. The summed E-state index contributed by atoms with van der Waals surface area (Å²) < 4.78 is 6.39. The highest BCUT2D eigenvalue weighted by atomic mass is 16.5. The van der Waals surface area contributed by atoms with E-state index in [2.05, 4.69) is 15.2 Å². The Hall–Kier alpha value is -5.00. The lowest BCUT2D eigenvalue weighted by molar-refractivity contribution is -0.147. The molecule has 39 heavy (non-hydrogen) atoms. The largest absolute Gasteiger partial charge is 0.455 e. The van der Waals surface area contributed by atoms with Gasteiger partial charge in [0.2, 0.25) is 0 Å². The maximum Gasteiger partial charge on any atom is 0.330 e. The van der Waals surface area contributed by atoms with Gasteiger partial charge in [0.15, 0.2) is 12.3 Å². The molecule has 0 atom stereocenters. The van der Waals surface area contributed by atoms with Gasteiger partial charge >= 0.3 is 11.7 Å². The molecule has 4 rings (SSSR count). The van der Waals surface area contributed by atoms with E-state index < -0.39 is 35.3 Å². The third-order valence-corrected chi connectivity index (χ3v) is 5.96. The van der Waals surface area contributed by atoms with Crippen LogP contribution in [0.25, 0.3) is 10.8 Å². The van der Waals surface area contributed by atoms with E-state index in [1.54, 1.807) is 48.5 Å². The SMILES string of the molecule is CC(C)CN(C(=O)COC(=O)Cc1n[nH]c(=O)c2ccccc12)c1c(N)n(Cc2ccccc2)c(=O)[nH]c1=O. The summed E-state index contributed by atoms with van der Waals surface area (Å²) in [6, 6.07) is 15.7. The number of H-pyrrole nitrogens is 2. The molecule has 4 aromatic rings. The number of nitrogens with zero attached hydrogens (tertiary/aromatic N) is 3. The Morgan fingerprint density at radius 1 is 1.00 bits per heavy atom. The van der Waals surface area contributed by atoms with E-state index in [1.807, 2.05) is 19.9 Å². The van der Waals surface area contributed by atoms with Gasteiger partial charge in [-0.25, -0.2) is 9.89 Å². The molecule has 0 aliphatic heterocycles. The first-order valence-electron chi connectivity index (χ1n) is 12.2. The molecule has 0 bridgehead atoms. The third kappa shape index (κ3) is 6.12. The Bertz CT molecular complexity index is 1690. The van der Waals surface area contributed by atoms with Crippen molar-refractivity contribution in [3.05, 3.63) is 97.0 Å². The molecule has 12 nitrogen and oxygen atoms in total. The van der Waals surface area contributed by atoms with E-state index >= 15 is 0 Å². The second-order valence-corrected chi connectivity index (χ2v) is 9.35. The Morgan fingerprint density at radius 3 is 2.36 bits per heavy atom. The summed E-state index contributed by atoms with van der Waals surface area (Å²) in [5.41, 5.74) is 5.20. The fourth-order valence-electron chi connectivity index (χ4n) is 4.16. The lowest BCUT2D eigenvalue weighted by atomic mass is 10.1. The first-order chi connectivity index (χ1) is 18.7. The Balaban J connectivity index is 1.56. The number of benzene rings is 2. The molecular formula is C27H28N6O6.